The fraction of sp³-hybridized carbons (Fsp3) is 0.588. The van der Waals surface area contributed by atoms with Crippen LogP contribution in [0.4, 0.5) is 11.6 Å². The molecule has 4 fully saturated rings. The van der Waals surface area contributed by atoms with Gasteiger partial charge in [0.25, 0.3) is 5.88 Å². The summed E-state index contributed by atoms with van der Waals surface area (Å²) < 4.78 is 44.2. The molecule has 0 radical (unpaired) electrons. The van der Waals surface area contributed by atoms with Crippen molar-refractivity contribution in [2.45, 2.75) is 76.6 Å². The van der Waals surface area contributed by atoms with E-state index in [-0.39, 0.29) is 30.7 Å². The number of nitrogens with zero attached hydrogens (tertiary/aromatic N) is 7. The zero-order valence-corrected chi connectivity index (χ0v) is 30.7. The van der Waals surface area contributed by atoms with E-state index in [1.165, 1.54) is 12.8 Å². The molecule has 3 aromatic rings. The fourth-order valence-corrected chi connectivity index (χ4v) is 7.95. The van der Waals surface area contributed by atoms with Gasteiger partial charge < -0.3 is 19.5 Å². The average molecular weight is 743 g/mol. The molecule has 3 N–H and O–H groups in total. The molecule has 1 saturated carbocycles. The van der Waals surface area contributed by atoms with Crippen LogP contribution in [0.5, 0.6) is 11.6 Å². The van der Waals surface area contributed by atoms with Crippen LogP contribution in [0.25, 0.3) is 11.1 Å². The van der Waals surface area contributed by atoms with Gasteiger partial charge in [0, 0.05) is 42.3 Å². The zero-order valence-electron chi connectivity index (χ0n) is 29.1. The lowest BCUT2D eigenvalue weighted by Crippen LogP contribution is -2.50. The molecule has 1 aromatic carbocycles. The van der Waals surface area contributed by atoms with E-state index in [0.29, 0.717) is 46.3 Å². The molecule has 3 atom stereocenters. The van der Waals surface area contributed by atoms with Gasteiger partial charge >= 0.3 is 0 Å². The van der Waals surface area contributed by atoms with E-state index in [9.17, 15) is 8.42 Å². The van der Waals surface area contributed by atoms with E-state index in [1.807, 2.05) is 16.9 Å². The van der Waals surface area contributed by atoms with Gasteiger partial charge in [0.15, 0.2) is 9.84 Å². The highest BCUT2D eigenvalue weighted by molar-refractivity contribution is 7.91. The first-order valence-electron chi connectivity index (χ1n) is 17.6. The van der Waals surface area contributed by atoms with Gasteiger partial charge in [0.1, 0.15) is 30.5 Å². The van der Waals surface area contributed by atoms with Gasteiger partial charge in [-0.05, 0) is 69.1 Å². The van der Waals surface area contributed by atoms with Gasteiger partial charge in [-0.25, -0.2) is 23.4 Å². The Labute approximate surface area is 303 Å². The maximum atomic E-state index is 12.2. The van der Waals surface area contributed by atoms with Crippen molar-refractivity contribution in [2.75, 3.05) is 49.7 Å². The third-order valence-corrected chi connectivity index (χ3v) is 12.0. The Morgan fingerprint density at radius 2 is 1.86 bits per heavy atom. The van der Waals surface area contributed by atoms with Gasteiger partial charge in [-0.15, -0.1) is 5.10 Å². The summed E-state index contributed by atoms with van der Waals surface area (Å²) in [5, 5.41) is 20.2. The number of anilines is 2. The van der Waals surface area contributed by atoms with E-state index >= 15 is 0 Å². The highest BCUT2D eigenvalue weighted by atomic mass is 35.5. The topological polar surface area (TPSA) is 184 Å². The van der Waals surface area contributed by atoms with Crippen LogP contribution >= 0.6 is 11.6 Å². The third-order valence-electron chi connectivity index (χ3n) is 10.0. The number of hydrogen-bond donors (Lipinski definition) is 3. The molecule has 276 valence electrons. The normalized spacial score (nSPS) is 22.9. The first-order valence-corrected chi connectivity index (χ1v) is 19.8. The van der Waals surface area contributed by atoms with E-state index in [1.54, 1.807) is 38.4 Å². The lowest BCUT2D eigenvalue weighted by atomic mass is 9.86. The summed E-state index contributed by atoms with van der Waals surface area (Å²) in [6, 6.07) is 6.63. The summed E-state index contributed by atoms with van der Waals surface area (Å²) in [7, 11) is -3.21. The molecule has 0 spiro atoms. The Morgan fingerprint density at radius 1 is 1.12 bits per heavy atom. The minimum Gasteiger partial charge on any atom is -0.487 e. The molecule has 3 saturated heterocycles. The summed E-state index contributed by atoms with van der Waals surface area (Å²) in [4.78, 5) is 11.8. The highest BCUT2D eigenvalue weighted by Gasteiger charge is 2.38. The predicted octanol–water partition coefficient (Wildman–Crippen LogP) is 5.77. The number of rotatable bonds is 16. The second-order valence-electron chi connectivity index (χ2n) is 13.6. The molecule has 2 bridgehead atoms. The van der Waals surface area contributed by atoms with Gasteiger partial charge in [0.05, 0.1) is 42.8 Å². The van der Waals surface area contributed by atoms with Crippen LogP contribution in [0.15, 0.2) is 42.0 Å². The van der Waals surface area contributed by atoms with Crippen molar-refractivity contribution in [3.8, 4) is 22.8 Å². The van der Waals surface area contributed by atoms with Crippen LogP contribution < -0.4 is 14.8 Å². The summed E-state index contributed by atoms with van der Waals surface area (Å²) in [5.41, 5.74) is 9.23. The lowest BCUT2D eigenvalue weighted by molar-refractivity contribution is 0.0459. The minimum absolute atomic E-state index is 0.00907. The SMILES string of the molecule is CCS(=O)(=O)CCOc1nn(C2CCC(N3CC4CCC3COC4)CC2)cc1Nc1ncc(-c2ccc(Cl)c(O[C@@H](C)CN(C=N)N=N)c2)cn1. The summed E-state index contributed by atoms with van der Waals surface area (Å²) in [6.07, 6.45) is 12.5. The Hall–Kier alpha value is -3.86. The van der Waals surface area contributed by atoms with Crippen LogP contribution in [0.1, 0.15) is 58.4 Å². The first kappa shape index (κ1) is 36.9. The number of benzene rings is 1. The van der Waals surface area contributed by atoms with Gasteiger partial charge in [-0.3, -0.25) is 15.0 Å². The number of piperidine rings is 1. The van der Waals surface area contributed by atoms with Crippen LogP contribution in [-0.2, 0) is 14.6 Å². The number of sulfone groups is 1. The van der Waals surface area contributed by atoms with Crippen LogP contribution in [0, 0.1) is 16.9 Å². The summed E-state index contributed by atoms with van der Waals surface area (Å²) in [5.74, 6) is 1.68. The molecule has 2 aromatic heterocycles. The van der Waals surface area contributed by atoms with Gasteiger partial charge in [-0.1, -0.05) is 29.8 Å². The van der Waals surface area contributed by atoms with Crippen molar-refractivity contribution in [3.63, 3.8) is 0 Å². The van der Waals surface area contributed by atoms with Crippen LogP contribution in [0.2, 0.25) is 5.02 Å². The van der Waals surface area contributed by atoms with E-state index in [2.05, 4.69) is 25.4 Å². The molecule has 1 aliphatic carbocycles. The van der Waals surface area contributed by atoms with E-state index < -0.39 is 15.9 Å². The Bertz CT molecular complexity index is 1740. The molecule has 3 aliphatic heterocycles. The molecular weight excluding hydrogens is 696 g/mol. The molecule has 51 heavy (non-hydrogen) atoms. The molecule has 15 nitrogen and oxygen atoms in total. The van der Waals surface area contributed by atoms with Crippen molar-refractivity contribution in [3.05, 3.63) is 41.8 Å². The van der Waals surface area contributed by atoms with Crippen molar-refractivity contribution < 1.29 is 22.6 Å². The van der Waals surface area contributed by atoms with Crippen LogP contribution in [0.3, 0.4) is 0 Å². The number of halogens is 1. The van der Waals surface area contributed by atoms with E-state index in [0.717, 1.165) is 67.9 Å². The Kier molecular flexibility index (Phi) is 12.1. The number of hydrogen-bond acceptors (Lipinski definition) is 13. The maximum absolute atomic E-state index is 12.2. The largest absolute Gasteiger partial charge is 0.487 e. The number of ether oxygens (including phenoxy) is 3. The zero-order chi connectivity index (χ0) is 36.0. The first-order chi connectivity index (χ1) is 24.6. The minimum atomic E-state index is -3.21. The number of fused-ring (bicyclic) bond motifs is 4. The lowest BCUT2D eigenvalue weighted by Gasteiger charge is -2.43. The fourth-order valence-electron chi connectivity index (χ4n) is 7.16. The maximum Gasteiger partial charge on any atom is 0.256 e. The molecule has 2 unspecified atom stereocenters. The third kappa shape index (κ3) is 9.33. The molecule has 5 heterocycles. The van der Waals surface area contributed by atoms with Crippen molar-refractivity contribution in [1.82, 2.24) is 29.7 Å². The number of nitrogens with one attached hydrogen (secondary N) is 3. The smallest absolute Gasteiger partial charge is 0.256 e. The molecule has 7 rings (SSSR count). The average Bonchev–Trinajstić information content (AvgIpc) is 3.27. The second kappa shape index (κ2) is 16.7. The predicted molar refractivity (Wildman–Crippen MR) is 194 cm³/mol. The molecule has 0 amide bonds. The van der Waals surface area contributed by atoms with Crippen molar-refractivity contribution in [1.29, 1.82) is 10.9 Å². The molecule has 17 heteroatoms. The van der Waals surface area contributed by atoms with Gasteiger partial charge in [0.2, 0.25) is 5.95 Å². The van der Waals surface area contributed by atoms with Gasteiger partial charge in [-0.2, -0.15) is 5.53 Å². The monoisotopic (exact) mass is 742 g/mol. The summed E-state index contributed by atoms with van der Waals surface area (Å²) >= 11 is 6.41. The van der Waals surface area contributed by atoms with Crippen molar-refractivity contribution in [2.24, 2.45) is 11.1 Å². The van der Waals surface area contributed by atoms with Crippen LogP contribution in [-0.4, -0.2) is 107 Å². The molecular formula is C34H47ClN10O5S. The summed E-state index contributed by atoms with van der Waals surface area (Å²) in [6.45, 7) is 6.49. The second-order valence-corrected chi connectivity index (χ2v) is 16.4. The molecule has 4 aliphatic rings. The Morgan fingerprint density at radius 3 is 2.59 bits per heavy atom. The Balaban J connectivity index is 1.14. The van der Waals surface area contributed by atoms with Crippen molar-refractivity contribution >= 4 is 39.4 Å². The number of aromatic nitrogens is 4. The van der Waals surface area contributed by atoms with E-state index in [4.69, 9.17) is 41.9 Å². The standard InChI is InChI=1S/C34H47ClN10O5S/c1-3-51(46,47)13-12-49-33-31(19-45(41-33)28-9-7-27(8-10-28)44-18-24-4-6-29(44)21-48-20-24)40-34-38-15-26(16-39-34)25-5-11-30(35)32(14-25)50-23(2)17-43(22-36)42-37/h5,11,14-16,19,22-24,27-29,36-37H,3-4,6-10,12-13,17-18,20-21H2,1-2H3,(H,38,39,40)/t23-,24?,27?,28?,29?/m0/s1. The highest BCUT2D eigenvalue weighted by Crippen LogP contribution is 2.38. The quantitative estimate of drug-likeness (QED) is 0.0701.